The number of carbonyl (C=O) groups excluding carboxylic acids is 1. The largest absolute Gasteiger partial charge is 0.480 e. The molecule has 0 bridgehead atoms. The Morgan fingerprint density at radius 3 is 2.38 bits per heavy atom. The molecule has 34 heavy (non-hydrogen) atoms. The van der Waals surface area contributed by atoms with Crippen molar-refractivity contribution in [2.75, 3.05) is 5.32 Å². The highest BCUT2D eigenvalue weighted by atomic mass is 35.5. The topological polar surface area (TPSA) is 91.3 Å². The monoisotopic (exact) mass is 497 g/mol. The Hall–Kier alpha value is -3.49. The lowest BCUT2D eigenvalue weighted by molar-refractivity contribution is -0.140. The molecule has 0 unspecified atom stereocenters. The average Bonchev–Trinajstić information content (AvgIpc) is 3.19. The Morgan fingerprint density at radius 2 is 1.74 bits per heavy atom. The molecular formula is C25H21ClFN3O3S. The number of hydrogen-bond donors (Lipinski definition) is 3. The number of rotatable bonds is 7. The van der Waals surface area contributed by atoms with Gasteiger partial charge in [0.15, 0.2) is 5.13 Å². The van der Waals surface area contributed by atoms with Crippen molar-refractivity contribution in [3.8, 4) is 11.1 Å². The smallest absolute Gasteiger partial charge is 0.326 e. The van der Waals surface area contributed by atoms with Crippen molar-refractivity contribution in [3.63, 3.8) is 0 Å². The van der Waals surface area contributed by atoms with Gasteiger partial charge in [-0.1, -0.05) is 55.0 Å². The summed E-state index contributed by atoms with van der Waals surface area (Å²) in [7, 11) is 0. The third-order valence-corrected chi connectivity index (χ3v) is 6.43. The first-order valence-electron chi connectivity index (χ1n) is 10.5. The minimum absolute atomic E-state index is 0.253. The van der Waals surface area contributed by atoms with E-state index in [0.29, 0.717) is 27.0 Å². The molecular weight excluding hydrogens is 477 g/mol. The number of aliphatic carboxylic acids is 1. The van der Waals surface area contributed by atoms with Crippen molar-refractivity contribution in [3.05, 3.63) is 77.1 Å². The zero-order chi connectivity index (χ0) is 24.4. The number of fused-ring (bicyclic) bond motifs is 1. The number of aromatic nitrogens is 1. The third kappa shape index (κ3) is 5.18. The molecule has 3 aromatic carbocycles. The van der Waals surface area contributed by atoms with Crippen LogP contribution in [0.5, 0.6) is 0 Å². The van der Waals surface area contributed by atoms with Crippen molar-refractivity contribution in [2.24, 2.45) is 5.92 Å². The molecule has 0 radical (unpaired) electrons. The summed E-state index contributed by atoms with van der Waals surface area (Å²) < 4.78 is 15.7. The van der Waals surface area contributed by atoms with E-state index in [2.05, 4.69) is 15.6 Å². The van der Waals surface area contributed by atoms with Crippen molar-refractivity contribution < 1.29 is 19.1 Å². The second-order valence-electron chi connectivity index (χ2n) is 8.06. The Morgan fingerprint density at radius 1 is 1.03 bits per heavy atom. The van der Waals surface area contributed by atoms with E-state index in [1.807, 2.05) is 12.1 Å². The summed E-state index contributed by atoms with van der Waals surface area (Å²) in [6, 6.07) is 15.8. The van der Waals surface area contributed by atoms with E-state index < -0.39 is 23.7 Å². The van der Waals surface area contributed by atoms with Crippen molar-refractivity contribution in [2.45, 2.75) is 19.9 Å². The van der Waals surface area contributed by atoms with Gasteiger partial charge in [0.05, 0.1) is 15.9 Å². The second kappa shape index (κ2) is 9.79. The van der Waals surface area contributed by atoms with Crippen LogP contribution >= 0.6 is 22.9 Å². The Bertz CT molecular complexity index is 1370. The molecule has 0 saturated heterocycles. The molecule has 1 amide bonds. The molecule has 9 heteroatoms. The molecule has 0 fully saturated rings. The number of benzene rings is 3. The van der Waals surface area contributed by atoms with Gasteiger partial charge in [-0.15, -0.1) is 0 Å². The standard InChI is InChI=1S/C25H21ClFN3O3S/c1-13(2)22(24(32)33)30-23(31)15-5-3-14(4-6-15)16-7-9-19(18(27)11-16)28-25-29-20-10-8-17(26)12-21(20)34-25/h3-13,22H,1-2H3,(H,28,29)(H,30,31)(H,32,33)/t22-/m0/s1. The Balaban J connectivity index is 1.48. The molecule has 4 rings (SSSR count). The molecule has 3 N–H and O–H groups in total. The van der Waals surface area contributed by atoms with E-state index in [4.69, 9.17) is 11.6 Å². The van der Waals surface area contributed by atoms with E-state index in [0.717, 1.165) is 15.8 Å². The quantitative estimate of drug-likeness (QED) is 0.277. The van der Waals surface area contributed by atoms with Gasteiger partial charge >= 0.3 is 5.97 Å². The summed E-state index contributed by atoms with van der Waals surface area (Å²) in [4.78, 5) is 28.2. The molecule has 0 aliphatic heterocycles. The van der Waals surface area contributed by atoms with E-state index in [1.54, 1.807) is 56.3 Å². The highest BCUT2D eigenvalue weighted by Gasteiger charge is 2.23. The van der Waals surface area contributed by atoms with Crippen LogP contribution in [0.15, 0.2) is 60.7 Å². The van der Waals surface area contributed by atoms with Gasteiger partial charge in [0, 0.05) is 10.6 Å². The van der Waals surface area contributed by atoms with Crippen LogP contribution in [0.2, 0.25) is 5.02 Å². The maximum absolute atomic E-state index is 14.8. The van der Waals surface area contributed by atoms with Gasteiger partial charge in [0.1, 0.15) is 11.9 Å². The number of nitrogens with zero attached hydrogens (tertiary/aromatic N) is 1. The Labute approximate surface area is 204 Å². The van der Waals surface area contributed by atoms with Crippen LogP contribution in [0.4, 0.5) is 15.2 Å². The summed E-state index contributed by atoms with van der Waals surface area (Å²) in [5, 5.41) is 16.0. The number of hydrogen-bond acceptors (Lipinski definition) is 5. The fourth-order valence-electron chi connectivity index (χ4n) is 3.42. The molecule has 0 saturated carbocycles. The molecule has 1 aromatic heterocycles. The maximum Gasteiger partial charge on any atom is 0.326 e. The normalized spacial score (nSPS) is 12.0. The van der Waals surface area contributed by atoms with Crippen LogP contribution in [0.3, 0.4) is 0 Å². The van der Waals surface area contributed by atoms with E-state index in [-0.39, 0.29) is 5.92 Å². The van der Waals surface area contributed by atoms with Crippen LogP contribution in [-0.2, 0) is 4.79 Å². The number of nitrogens with one attached hydrogen (secondary N) is 2. The molecule has 1 atom stereocenters. The van der Waals surface area contributed by atoms with Crippen LogP contribution in [0.25, 0.3) is 21.3 Å². The summed E-state index contributed by atoms with van der Waals surface area (Å²) in [6.07, 6.45) is 0. The number of amides is 1. The molecule has 174 valence electrons. The molecule has 0 spiro atoms. The first-order valence-corrected chi connectivity index (χ1v) is 11.7. The van der Waals surface area contributed by atoms with Gasteiger partial charge in [0.2, 0.25) is 0 Å². The lowest BCUT2D eigenvalue weighted by Gasteiger charge is -2.18. The van der Waals surface area contributed by atoms with Gasteiger partial charge in [-0.3, -0.25) is 4.79 Å². The summed E-state index contributed by atoms with van der Waals surface area (Å²) in [6.45, 7) is 3.45. The van der Waals surface area contributed by atoms with Crippen LogP contribution in [0.1, 0.15) is 24.2 Å². The van der Waals surface area contributed by atoms with Crippen LogP contribution in [0, 0.1) is 11.7 Å². The van der Waals surface area contributed by atoms with Crippen molar-refractivity contribution in [1.29, 1.82) is 0 Å². The van der Waals surface area contributed by atoms with Gasteiger partial charge in [-0.05, 0) is 59.5 Å². The minimum atomic E-state index is -1.08. The third-order valence-electron chi connectivity index (χ3n) is 5.26. The minimum Gasteiger partial charge on any atom is -0.480 e. The molecule has 0 aliphatic carbocycles. The summed E-state index contributed by atoms with van der Waals surface area (Å²) in [5.74, 6) is -2.26. The number of thiazole rings is 1. The van der Waals surface area contributed by atoms with E-state index in [1.165, 1.54) is 17.4 Å². The summed E-state index contributed by atoms with van der Waals surface area (Å²) in [5.41, 5.74) is 2.75. The lowest BCUT2D eigenvalue weighted by Crippen LogP contribution is -2.44. The van der Waals surface area contributed by atoms with Gasteiger partial charge < -0.3 is 15.7 Å². The first kappa shape index (κ1) is 23.7. The fraction of sp³-hybridized carbons (Fsp3) is 0.160. The van der Waals surface area contributed by atoms with Gasteiger partial charge in [-0.2, -0.15) is 0 Å². The maximum atomic E-state index is 14.8. The van der Waals surface area contributed by atoms with E-state index >= 15 is 0 Å². The number of carboxylic acid groups (broad SMARTS) is 1. The molecule has 0 aliphatic rings. The van der Waals surface area contributed by atoms with E-state index in [9.17, 15) is 19.1 Å². The second-order valence-corrected chi connectivity index (χ2v) is 9.53. The predicted octanol–water partition coefficient (Wildman–Crippen LogP) is 6.34. The van der Waals surface area contributed by atoms with Crippen LogP contribution < -0.4 is 10.6 Å². The van der Waals surface area contributed by atoms with Gasteiger partial charge in [0.25, 0.3) is 5.91 Å². The number of halogens is 2. The number of carbonyl (C=O) groups is 2. The highest BCUT2D eigenvalue weighted by molar-refractivity contribution is 7.22. The molecule has 4 aromatic rings. The number of anilines is 2. The van der Waals surface area contributed by atoms with Crippen LogP contribution in [-0.4, -0.2) is 28.0 Å². The fourth-order valence-corrected chi connectivity index (χ4v) is 4.57. The Kier molecular flexibility index (Phi) is 6.81. The molecule has 1 heterocycles. The zero-order valence-electron chi connectivity index (χ0n) is 18.3. The first-order chi connectivity index (χ1) is 16.2. The van der Waals surface area contributed by atoms with Crippen molar-refractivity contribution >= 4 is 55.8 Å². The van der Waals surface area contributed by atoms with Gasteiger partial charge in [-0.25, -0.2) is 14.2 Å². The summed E-state index contributed by atoms with van der Waals surface area (Å²) >= 11 is 7.40. The average molecular weight is 498 g/mol. The number of carboxylic acids is 1. The SMILES string of the molecule is CC(C)[C@H](NC(=O)c1ccc(-c2ccc(Nc3nc4ccc(Cl)cc4s3)c(F)c2)cc1)C(=O)O. The zero-order valence-corrected chi connectivity index (χ0v) is 19.9. The van der Waals surface area contributed by atoms with Crippen molar-refractivity contribution in [1.82, 2.24) is 10.3 Å². The molecule has 6 nitrogen and oxygen atoms in total. The predicted molar refractivity (Wildman–Crippen MR) is 133 cm³/mol. The lowest BCUT2D eigenvalue weighted by atomic mass is 10.0. The highest BCUT2D eigenvalue weighted by Crippen LogP contribution is 2.32.